The lowest BCUT2D eigenvalue weighted by atomic mass is 10.0. The highest BCUT2D eigenvalue weighted by Gasteiger charge is 2.14. The number of hydrogen-bond acceptors (Lipinski definition) is 3. The second-order valence-corrected chi connectivity index (χ2v) is 7.66. The number of carbonyl (C=O) groups is 2. The van der Waals surface area contributed by atoms with E-state index in [1.165, 1.54) is 23.1 Å². The molecule has 0 radical (unpaired) electrons. The molecule has 3 aromatic rings. The molecule has 4 heteroatoms. The van der Waals surface area contributed by atoms with Crippen molar-refractivity contribution < 1.29 is 14.3 Å². The minimum Gasteiger partial charge on any atom is -0.455 e. The first-order valence-electron chi connectivity index (χ1n) is 10.4. The summed E-state index contributed by atoms with van der Waals surface area (Å²) in [7, 11) is 0. The van der Waals surface area contributed by atoms with Gasteiger partial charge >= 0.3 is 5.97 Å². The Labute approximate surface area is 176 Å². The topological polar surface area (TPSA) is 55.4 Å². The van der Waals surface area contributed by atoms with Crippen LogP contribution in [0.25, 0.3) is 0 Å². The van der Waals surface area contributed by atoms with E-state index in [2.05, 4.69) is 29.6 Å². The zero-order valence-electron chi connectivity index (χ0n) is 16.9. The molecule has 4 nitrogen and oxygen atoms in total. The Balaban J connectivity index is 1.30. The summed E-state index contributed by atoms with van der Waals surface area (Å²) >= 11 is 0. The third-order valence-electron chi connectivity index (χ3n) is 5.40. The Morgan fingerprint density at radius 3 is 2.47 bits per heavy atom. The molecule has 0 bridgehead atoms. The molecule has 0 saturated heterocycles. The molecule has 4 rings (SSSR count). The highest BCUT2D eigenvalue weighted by molar-refractivity contribution is 5.93. The smallest absolute Gasteiger partial charge is 0.310 e. The number of para-hydroxylation sites is 1. The number of benzene rings is 3. The van der Waals surface area contributed by atoms with Crippen LogP contribution in [-0.2, 0) is 40.0 Å². The van der Waals surface area contributed by atoms with E-state index < -0.39 is 0 Å². The lowest BCUT2D eigenvalue weighted by Gasteiger charge is -2.12. The number of rotatable bonds is 7. The van der Waals surface area contributed by atoms with Crippen LogP contribution in [-0.4, -0.2) is 18.5 Å². The maximum absolute atomic E-state index is 12.3. The van der Waals surface area contributed by atoms with Crippen molar-refractivity contribution in [1.29, 1.82) is 0 Å². The molecule has 1 aliphatic rings. The van der Waals surface area contributed by atoms with E-state index in [0.29, 0.717) is 0 Å². The van der Waals surface area contributed by atoms with Gasteiger partial charge in [-0.05, 0) is 59.6 Å². The highest BCUT2D eigenvalue weighted by atomic mass is 16.5. The molecule has 30 heavy (non-hydrogen) atoms. The fourth-order valence-electron chi connectivity index (χ4n) is 3.90. The molecule has 152 valence electrons. The van der Waals surface area contributed by atoms with Crippen LogP contribution in [0, 0.1) is 0 Å². The van der Waals surface area contributed by atoms with Gasteiger partial charge in [0.05, 0.1) is 6.42 Å². The number of aryl methyl sites for hydroxylation is 2. The highest BCUT2D eigenvalue weighted by Crippen LogP contribution is 2.23. The Hall–Kier alpha value is -3.40. The predicted octanol–water partition coefficient (Wildman–Crippen LogP) is 4.49. The summed E-state index contributed by atoms with van der Waals surface area (Å²) in [5.74, 6) is -0.724. The molecule has 1 aliphatic carbocycles. The molecule has 0 fully saturated rings. The van der Waals surface area contributed by atoms with Crippen LogP contribution in [0.4, 0.5) is 5.69 Å². The van der Waals surface area contributed by atoms with Gasteiger partial charge in [0.25, 0.3) is 5.91 Å². The van der Waals surface area contributed by atoms with Gasteiger partial charge in [-0.3, -0.25) is 9.59 Å². The van der Waals surface area contributed by atoms with Gasteiger partial charge in [-0.25, -0.2) is 0 Å². The molecule has 0 aliphatic heterocycles. The maximum atomic E-state index is 12.3. The van der Waals surface area contributed by atoms with Crippen molar-refractivity contribution in [3.05, 3.63) is 101 Å². The molecule has 0 saturated carbocycles. The molecule has 3 aromatic carbocycles. The molecule has 0 unspecified atom stereocenters. The molecule has 0 aromatic heterocycles. The summed E-state index contributed by atoms with van der Waals surface area (Å²) in [6.07, 6.45) is 4.27. The van der Waals surface area contributed by atoms with Gasteiger partial charge in [0, 0.05) is 5.69 Å². The first-order chi connectivity index (χ1) is 14.7. The van der Waals surface area contributed by atoms with Crippen LogP contribution < -0.4 is 5.32 Å². The van der Waals surface area contributed by atoms with Gasteiger partial charge in [0.1, 0.15) is 0 Å². The van der Waals surface area contributed by atoms with Gasteiger partial charge < -0.3 is 10.1 Å². The zero-order chi connectivity index (χ0) is 20.8. The molecule has 0 heterocycles. The van der Waals surface area contributed by atoms with E-state index in [1.807, 2.05) is 48.5 Å². The van der Waals surface area contributed by atoms with Crippen molar-refractivity contribution in [2.24, 2.45) is 0 Å². The van der Waals surface area contributed by atoms with Gasteiger partial charge in [0.2, 0.25) is 0 Å². The number of nitrogens with one attached hydrogen (secondary N) is 1. The van der Waals surface area contributed by atoms with E-state index >= 15 is 0 Å². The largest absolute Gasteiger partial charge is 0.455 e. The van der Waals surface area contributed by atoms with Crippen molar-refractivity contribution >= 4 is 17.6 Å². The standard InChI is InChI=1S/C26H25NO3/c28-25(18-30-26(29)17-20-13-14-21-10-6-11-22(21)16-20)27-24-12-5-4-9-23(24)15-19-7-2-1-3-8-19/h1-5,7-9,12-14,16H,6,10-11,15,17-18H2,(H,27,28). The van der Waals surface area contributed by atoms with E-state index in [9.17, 15) is 9.59 Å². The number of hydrogen-bond donors (Lipinski definition) is 1. The number of ether oxygens (including phenoxy) is 1. The van der Waals surface area contributed by atoms with Crippen LogP contribution in [0.3, 0.4) is 0 Å². The van der Waals surface area contributed by atoms with Gasteiger partial charge in [-0.1, -0.05) is 66.7 Å². The second-order valence-electron chi connectivity index (χ2n) is 7.66. The average molecular weight is 399 g/mol. The number of amides is 1. The predicted molar refractivity (Wildman–Crippen MR) is 117 cm³/mol. The summed E-state index contributed by atoms with van der Waals surface area (Å²) in [5, 5.41) is 2.87. The van der Waals surface area contributed by atoms with Crippen molar-refractivity contribution in [3.63, 3.8) is 0 Å². The monoisotopic (exact) mass is 399 g/mol. The Morgan fingerprint density at radius 1 is 0.833 bits per heavy atom. The molecule has 1 N–H and O–H groups in total. The van der Waals surface area contributed by atoms with Crippen LogP contribution in [0.15, 0.2) is 72.8 Å². The second kappa shape index (κ2) is 9.40. The molecule has 1 amide bonds. The van der Waals surface area contributed by atoms with Crippen molar-refractivity contribution in [2.75, 3.05) is 11.9 Å². The minimum atomic E-state index is -0.388. The van der Waals surface area contributed by atoms with Crippen LogP contribution in [0.5, 0.6) is 0 Å². The van der Waals surface area contributed by atoms with Crippen molar-refractivity contribution in [2.45, 2.75) is 32.1 Å². The quantitative estimate of drug-likeness (QED) is 0.596. The fourth-order valence-corrected chi connectivity index (χ4v) is 3.90. The average Bonchev–Trinajstić information content (AvgIpc) is 3.22. The normalized spacial score (nSPS) is 12.3. The molecular formula is C26H25NO3. The number of fused-ring (bicyclic) bond motifs is 1. The van der Waals surface area contributed by atoms with E-state index in [0.717, 1.165) is 36.1 Å². The van der Waals surface area contributed by atoms with E-state index in [-0.39, 0.29) is 24.9 Å². The zero-order valence-corrected chi connectivity index (χ0v) is 16.9. The summed E-state index contributed by atoms with van der Waals surface area (Å²) in [4.78, 5) is 24.5. The van der Waals surface area contributed by atoms with E-state index in [1.54, 1.807) is 0 Å². The van der Waals surface area contributed by atoms with Crippen LogP contribution >= 0.6 is 0 Å². The summed E-state index contributed by atoms with van der Waals surface area (Å²) in [6.45, 7) is -0.288. The summed E-state index contributed by atoms with van der Waals surface area (Å²) < 4.78 is 5.21. The minimum absolute atomic E-state index is 0.186. The lowest BCUT2D eigenvalue weighted by Crippen LogP contribution is -2.22. The van der Waals surface area contributed by atoms with Crippen molar-refractivity contribution in [1.82, 2.24) is 0 Å². The Bertz CT molecular complexity index is 1040. The third kappa shape index (κ3) is 5.15. The van der Waals surface area contributed by atoms with Gasteiger partial charge in [-0.15, -0.1) is 0 Å². The first-order valence-corrected chi connectivity index (χ1v) is 10.4. The van der Waals surface area contributed by atoms with Crippen molar-refractivity contribution in [3.8, 4) is 0 Å². The van der Waals surface area contributed by atoms with Crippen LogP contribution in [0.1, 0.15) is 34.2 Å². The Kier molecular flexibility index (Phi) is 6.23. The van der Waals surface area contributed by atoms with Gasteiger partial charge in [-0.2, -0.15) is 0 Å². The van der Waals surface area contributed by atoms with Crippen LogP contribution in [0.2, 0.25) is 0 Å². The SMILES string of the molecule is O=C(COC(=O)Cc1ccc2c(c1)CCC2)Nc1ccccc1Cc1ccccc1. The molecule has 0 spiro atoms. The maximum Gasteiger partial charge on any atom is 0.310 e. The lowest BCUT2D eigenvalue weighted by molar-refractivity contribution is -0.146. The van der Waals surface area contributed by atoms with Gasteiger partial charge in [0.15, 0.2) is 6.61 Å². The molecule has 0 atom stereocenters. The summed E-state index contributed by atoms with van der Waals surface area (Å²) in [6, 6.07) is 23.9. The Morgan fingerprint density at radius 2 is 1.60 bits per heavy atom. The summed E-state index contributed by atoms with van der Waals surface area (Å²) in [5.41, 5.74) is 6.56. The third-order valence-corrected chi connectivity index (χ3v) is 5.40. The molecular weight excluding hydrogens is 374 g/mol. The number of anilines is 1. The number of carbonyl (C=O) groups excluding carboxylic acids is 2. The van der Waals surface area contributed by atoms with E-state index in [4.69, 9.17) is 4.74 Å². The fraction of sp³-hybridized carbons (Fsp3) is 0.231. The first kappa shape index (κ1) is 19.9. The number of esters is 1.